The number of carboxylic acids is 4. The number of amides is 5. The topological polar surface area (TPSA) is 405 Å². The Morgan fingerprint density at radius 3 is 1.42 bits per heavy atom. The van der Waals surface area contributed by atoms with Crippen LogP contribution < -0.4 is 49.1 Å². The number of benzene rings is 1. The monoisotopic (exact) mass is 839 g/mol. The minimum atomic E-state index is -1.73. The van der Waals surface area contributed by atoms with E-state index in [1.807, 2.05) is 0 Å². The molecule has 23 nitrogen and oxygen atoms in total. The number of nitrogens with two attached hydrogens (primary N) is 3. The average Bonchev–Trinajstić information content (AvgIpc) is 3.16. The maximum absolute atomic E-state index is 13.7. The molecule has 0 aliphatic carbocycles. The van der Waals surface area contributed by atoms with Gasteiger partial charge in [-0.15, -0.1) is 0 Å². The van der Waals surface area contributed by atoms with Gasteiger partial charge in [0.1, 0.15) is 42.2 Å². The molecule has 0 fully saturated rings. The molecule has 0 heterocycles. The maximum Gasteiger partial charge on any atom is 0.326 e. The Balaban J connectivity index is 3.31. The second-order valence-corrected chi connectivity index (χ2v) is 13.9. The zero-order chi connectivity index (χ0) is 44.8. The summed E-state index contributed by atoms with van der Waals surface area (Å²) in [5, 5.41) is 61.6. The van der Waals surface area contributed by atoms with E-state index in [1.54, 1.807) is 13.8 Å². The van der Waals surface area contributed by atoms with E-state index in [4.69, 9.17) is 17.2 Å². The van der Waals surface area contributed by atoms with Gasteiger partial charge in [-0.1, -0.05) is 32.4 Å². The zero-order valence-electron chi connectivity index (χ0n) is 32.8. The minimum Gasteiger partial charge on any atom is -0.508 e. The molecule has 0 spiro atoms. The van der Waals surface area contributed by atoms with E-state index >= 15 is 0 Å². The van der Waals surface area contributed by atoms with Crippen molar-refractivity contribution in [2.45, 2.75) is 121 Å². The third-order valence-electron chi connectivity index (χ3n) is 9.03. The highest BCUT2D eigenvalue weighted by Gasteiger charge is 2.35. The van der Waals surface area contributed by atoms with Crippen LogP contribution >= 0.6 is 0 Å². The number of phenols is 1. The fourth-order valence-electron chi connectivity index (χ4n) is 5.46. The highest BCUT2D eigenvalue weighted by molar-refractivity contribution is 5.96. The van der Waals surface area contributed by atoms with Crippen LogP contribution in [0.2, 0.25) is 0 Å². The Bertz CT molecular complexity index is 1610. The van der Waals surface area contributed by atoms with Gasteiger partial charge in [-0.3, -0.25) is 43.7 Å². The van der Waals surface area contributed by atoms with E-state index in [0.29, 0.717) is 12.0 Å². The fraction of sp³-hybridized carbons (Fsp3) is 0.583. The Kier molecular flexibility index (Phi) is 22.7. The number of aromatic hydroxyl groups is 1. The summed E-state index contributed by atoms with van der Waals surface area (Å²) < 4.78 is 0. The van der Waals surface area contributed by atoms with Crippen molar-refractivity contribution in [2.75, 3.05) is 6.54 Å². The molecule has 0 saturated heterocycles. The quantitative estimate of drug-likeness (QED) is 0.0282. The van der Waals surface area contributed by atoms with Crippen LogP contribution in [0.3, 0.4) is 0 Å². The summed E-state index contributed by atoms with van der Waals surface area (Å²) in [7, 11) is 0. The standard InChI is InChI=1S/C36H57N9O14/c1-3-18(2)29(34(57)44-25(35(58)59)5-4-16-40-36(38)39)45-33(56)24(12-15-28(51)52)43-32(55)23(11-14-27(49)50)42-31(54)22(10-13-26(47)48)41-30(53)21(37)17-19-6-8-20(46)9-7-19/h6-9,18,21-25,29,36,40,46H,3-5,10-17,37-39H2,1-2H3,(H,41,53)(H,42,54)(H,43,55)(H,44,57)(H,45,56)(H,47,48)(H,49,50)(H,51,52)(H,58,59). The van der Waals surface area contributed by atoms with Crippen molar-refractivity contribution in [3.63, 3.8) is 0 Å². The number of hydrogen-bond donors (Lipinski definition) is 14. The molecule has 59 heavy (non-hydrogen) atoms. The minimum absolute atomic E-state index is 0.0354. The average molecular weight is 840 g/mol. The van der Waals surface area contributed by atoms with Crippen LogP contribution in [0.15, 0.2) is 24.3 Å². The lowest BCUT2D eigenvalue weighted by Gasteiger charge is -2.29. The maximum atomic E-state index is 13.7. The molecule has 0 aromatic heterocycles. The molecule has 17 N–H and O–H groups in total. The van der Waals surface area contributed by atoms with Gasteiger partial charge in [-0.05, 0) is 68.7 Å². The molecule has 0 bridgehead atoms. The normalized spacial score (nSPS) is 14.6. The van der Waals surface area contributed by atoms with E-state index in [9.17, 15) is 68.7 Å². The lowest BCUT2D eigenvalue weighted by molar-refractivity contribution is -0.143. The number of carboxylic acid groups (broad SMARTS) is 4. The Morgan fingerprint density at radius 2 is 1.02 bits per heavy atom. The van der Waals surface area contributed by atoms with E-state index < -0.39 is 140 Å². The van der Waals surface area contributed by atoms with Gasteiger partial charge in [0.15, 0.2) is 0 Å². The first-order valence-corrected chi connectivity index (χ1v) is 18.8. The first-order chi connectivity index (χ1) is 27.6. The van der Waals surface area contributed by atoms with Crippen molar-refractivity contribution in [3.8, 4) is 5.75 Å². The summed E-state index contributed by atoms with van der Waals surface area (Å²) in [6, 6.07) is -3.32. The van der Waals surface area contributed by atoms with Gasteiger partial charge in [0.25, 0.3) is 0 Å². The Hall–Kier alpha value is -5.91. The number of rotatable bonds is 29. The number of hydrogen-bond acceptors (Lipinski definition) is 14. The highest BCUT2D eigenvalue weighted by atomic mass is 16.4. The zero-order valence-corrected chi connectivity index (χ0v) is 32.8. The number of aliphatic carboxylic acids is 4. The molecule has 0 aliphatic heterocycles. The SMILES string of the molecule is CCC(C)C(NC(=O)C(CCC(=O)O)NC(=O)C(CCC(=O)O)NC(=O)C(CCC(=O)O)NC(=O)C(N)Cc1ccc(O)cc1)C(=O)NC(CCCNC(N)N)C(=O)O. The highest BCUT2D eigenvalue weighted by Crippen LogP contribution is 2.13. The predicted octanol–water partition coefficient (Wildman–Crippen LogP) is -3.02. The third-order valence-corrected chi connectivity index (χ3v) is 9.03. The number of carbonyl (C=O) groups is 9. The van der Waals surface area contributed by atoms with Gasteiger partial charge < -0.3 is 69.3 Å². The smallest absolute Gasteiger partial charge is 0.326 e. The van der Waals surface area contributed by atoms with Gasteiger partial charge in [-0.25, -0.2) is 4.79 Å². The summed E-state index contributed by atoms with van der Waals surface area (Å²) in [6.45, 7) is 3.49. The molecule has 7 unspecified atom stereocenters. The number of carbonyl (C=O) groups excluding carboxylic acids is 5. The van der Waals surface area contributed by atoms with Crippen molar-refractivity contribution in [2.24, 2.45) is 23.1 Å². The van der Waals surface area contributed by atoms with E-state index in [0.717, 1.165) is 0 Å². The van der Waals surface area contributed by atoms with E-state index in [-0.39, 0.29) is 31.6 Å². The van der Waals surface area contributed by atoms with E-state index in [1.165, 1.54) is 24.3 Å². The first-order valence-electron chi connectivity index (χ1n) is 18.8. The van der Waals surface area contributed by atoms with E-state index in [2.05, 4.69) is 31.9 Å². The largest absolute Gasteiger partial charge is 0.508 e. The Labute approximate surface area is 339 Å². The molecule has 0 radical (unpaired) electrons. The van der Waals surface area contributed by atoms with Crippen LogP contribution in [-0.2, 0) is 49.6 Å². The molecule has 0 saturated carbocycles. The second kappa shape index (κ2) is 26.2. The summed E-state index contributed by atoms with van der Waals surface area (Å²) >= 11 is 0. The molecule has 5 amide bonds. The van der Waals surface area contributed by atoms with Crippen molar-refractivity contribution in [1.82, 2.24) is 31.9 Å². The Morgan fingerprint density at radius 1 is 0.593 bits per heavy atom. The van der Waals surface area contributed by atoms with Crippen LogP contribution in [-0.4, -0.2) is 128 Å². The second-order valence-electron chi connectivity index (χ2n) is 13.9. The molecular formula is C36H57N9O14. The molecule has 1 aromatic carbocycles. The van der Waals surface area contributed by atoms with Gasteiger partial charge >= 0.3 is 23.9 Å². The van der Waals surface area contributed by atoms with Crippen LogP contribution in [0.4, 0.5) is 0 Å². The molecule has 1 aromatic rings. The van der Waals surface area contributed by atoms with Crippen molar-refractivity contribution in [3.05, 3.63) is 29.8 Å². The molecule has 7 atom stereocenters. The van der Waals surface area contributed by atoms with Crippen LogP contribution in [0.1, 0.15) is 77.2 Å². The van der Waals surface area contributed by atoms with Gasteiger partial charge in [-0.2, -0.15) is 0 Å². The number of nitrogens with one attached hydrogen (secondary N) is 6. The van der Waals surface area contributed by atoms with Crippen molar-refractivity contribution < 1.29 is 68.7 Å². The molecular weight excluding hydrogens is 782 g/mol. The molecule has 23 heteroatoms. The van der Waals surface area contributed by atoms with Crippen LogP contribution in [0, 0.1) is 5.92 Å². The predicted molar refractivity (Wildman–Crippen MR) is 207 cm³/mol. The van der Waals surface area contributed by atoms with Gasteiger partial charge in [0, 0.05) is 19.3 Å². The third kappa shape index (κ3) is 20.4. The summed E-state index contributed by atoms with van der Waals surface area (Å²) in [5.41, 5.74) is 17.4. The number of phenolic OH excluding ortho intramolecular Hbond substituents is 1. The van der Waals surface area contributed by atoms with Gasteiger partial charge in [0.2, 0.25) is 29.5 Å². The van der Waals surface area contributed by atoms with Crippen molar-refractivity contribution in [1.29, 1.82) is 0 Å². The lowest BCUT2D eigenvalue weighted by Crippen LogP contribution is -2.60. The summed E-state index contributed by atoms with van der Waals surface area (Å²) in [5.74, 6) is -11.3. The summed E-state index contributed by atoms with van der Waals surface area (Å²) in [6.07, 6.45) is -4.04. The van der Waals surface area contributed by atoms with Crippen LogP contribution in [0.5, 0.6) is 5.75 Å². The fourth-order valence-corrected chi connectivity index (χ4v) is 5.46. The summed E-state index contributed by atoms with van der Waals surface area (Å²) in [4.78, 5) is 114. The molecule has 1 rings (SSSR count). The molecule has 0 aliphatic rings. The van der Waals surface area contributed by atoms with Crippen molar-refractivity contribution >= 4 is 53.4 Å². The lowest BCUT2D eigenvalue weighted by atomic mass is 9.96. The molecule has 330 valence electrons. The van der Waals surface area contributed by atoms with Crippen LogP contribution in [0.25, 0.3) is 0 Å². The van der Waals surface area contributed by atoms with Gasteiger partial charge in [0.05, 0.1) is 6.04 Å². The first kappa shape index (κ1) is 51.1.